The average Bonchev–Trinajstić information content (AvgIpc) is 2.53. The van der Waals surface area contributed by atoms with Crippen LogP contribution in [0.15, 0.2) is 42.5 Å². The van der Waals surface area contributed by atoms with Gasteiger partial charge >= 0.3 is 5.97 Å². The zero-order valence-electron chi connectivity index (χ0n) is 12.3. The molecule has 2 aromatic carbocycles. The number of nitrogens with one attached hydrogen (secondary N) is 1. The lowest BCUT2D eigenvalue weighted by molar-refractivity contribution is 0.0601. The van der Waals surface area contributed by atoms with Gasteiger partial charge in [0.2, 0.25) is 0 Å². The number of methoxy groups -OCH3 is 1. The number of carbonyl (C=O) groups is 1. The van der Waals surface area contributed by atoms with Crippen LogP contribution in [0.4, 0.5) is 11.4 Å². The SMILES string of the molecule is CCc1ccc(CNc2cc(C(=O)OC)ccc2N)cc1. The number of rotatable bonds is 5. The summed E-state index contributed by atoms with van der Waals surface area (Å²) in [7, 11) is 1.36. The van der Waals surface area contributed by atoms with E-state index in [0.717, 1.165) is 17.7 Å². The van der Waals surface area contributed by atoms with Crippen LogP contribution >= 0.6 is 0 Å². The lowest BCUT2D eigenvalue weighted by atomic mass is 10.1. The molecule has 0 unspecified atom stereocenters. The molecule has 4 heteroatoms. The van der Waals surface area contributed by atoms with E-state index < -0.39 is 0 Å². The fraction of sp³-hybridized carbons (Fsp3) is 0.235. The molecule has 0 bridgehead atoms. The summed E-state index contributed by atoms with van der Waals surface area (Å²) in [6.45, 7) is 2.78. The summed E-state index contributed by atoms with van der Waals surface area (Å²) in [6.07, 6.45) is 1.03. The average molecular weight is 284 g/mol. The van der Waals surface area contributed by atoms with Gasteiger partial charge in [0.25, 0.3) is 0 Å². The molecule has 0 aliphatic rings. The number of anilines is 2. The van der Waals surface area contributed by atoms with Crippen molar-refractivity contribution < 1.29 is 9.53 Å². The fourth-order valence-corrected chi connectivity index (χ4v) is 2.04. The van der Waals surface area contributed by atoms with Crippen LogP contribution in [0.5, 0.6) is 0 Å². The molecule has 0 amide bonds. The first-order valence-electron chi connectivity index (χ1n) is 6.93. The highest BCUT2D eigenvalue weighted by atomic mass is 16.5. The molecule has 0 aliphatic carbocycles. The predicted octanol–water partition coefficient (Wildman–Crippen LogP) is 3.23. The van der Waals surface area contributed by atoms with Gasteiger partial charge in [0.1, 0.15) is 0 Å². The van der Waals surface area contributed by atoms with Gasteiger partial charge < -0.3 is 15.8 Å². The van der Waals surface area contributed by atoms with Gasteiger partial charge in [-0.05, 0) is 35.7 Å². The Balaban J connectivity index is 2.09. The number of nitrogens with two attached hydrogens (primary N) is 1. The molecule has 0 saturated carbocycles. The van der Waals surface area contributed by atoms with E-state index in [1.807, 2.05) is 0 Å². The molecule has 4 nitrogen and oxygen atoms in total. The summed E-state index contributed by atoms with van der Waals surface area (Å²) in [5, 5.41) is 3.25. The Morgan fingerprint density at radius 3 is 2.43 bits per heavy atom. The predicted molar refractivity (Wildman–Crippen MR) is 85.3 cm³/mol. The highest BCUT2D eigenvalue weighted by molar-refractivity contribution is 5.91. The molecule has 110 valence electrons. The van der Waals surface area contributed by atoms with Crippen LogP contribution in [0.1, 0.15) is 28.4 Å². The number of esters is 1. The summed E-state index contributed by atoms with van der Waals surface area (Å²) in [5.41, 5.74) is 10.2. The molecule has 0 aliphatic heterocycles. The lowest BCUT2D eigenvalue weighted by Crippen LogP contribution is -2.06. The monoisotopic (exact) mass is 284 g/mol. The molecule has 0 fully saturated rings. The Kier molecular flexibility index (Phi) is 4.82. The third kappa shape index (κ3) is 3.75. The molecule has 0 radical (unpaired) electrons. The molecule has 2 rings (SSSR count). The first-order chi connectivity index (χ1) is 10.1. The number of benzene rings is 2. The van der Waals surface area contributed by atoms with E-state index in [9.17, 15) is 4.79 Å². The molecule has 21 heavy (non-hydrogen) atoms. The summed E-state index contributed by atoms with van der Waals surface area (Å²) >= 11 is 0. The van der Waals surface area contributed by atoms with Crippen LogP contribution in [-0.4, -0.2) is 13.1 Å². The summed E-state index contributed by atoms with van der Waals surface area (Å²) < 4.78 is 4.71. The summed E-state index contributed by atoms with van der Waals surface area (Å²) in [6, 6.07) is 13.5. The highest BCUT2D eigenvalue weighted by Gasteiger charge is 2.08. The molecular weight excluding hydrogens is 264 g/mol. The van der Waals surface area contributed by atoms with Crippen molar-refractivity contribution in [3.8, 4) is 0 Å². The number of ether oxygens (including phenoxy) is 1. The van der Waals surface area contributed by atoms with Gasteiger partial charge in [-0.15, -0.1) is 0 Å². The van der Waals surface area contributed by atoms with Crippen LogP contribution < -0.4 is 11.1 Å². The van der Waals surface area contributed by atoms with E-state index >= 15 is 0 Å². The Morgan fingerprint density at radius 2 is 1.81 bits per heavy atom. The Hall–Kier alpha value is -2.49. The standard InChI is InChI=1S/C17H20N2O2/c1-3-12-4-6-13(7-5-12)11-19-16-10-14(17(20)21-2)8-9-15(16)18/h4-10,19H,3,11,18H2,1-2H3. The van der Waals surface area contributed by atoms with Crippen molar-refractivity contribution >= 4 is 17.3 Å². The van der Waals surface area contributed by atoms with E-state index in [-0.39, 0.29) is 5.97 Å². The van der Waals surface area contributed by atoms with Crippen molar-refractivity contribution in [2.24, 2.45) is 0 Å². The number of hydrogen-bond donors (Lipinski definition) is 2. The van der Waals surface area contributed by atoms with E-state index in [1.165, 1.54) is 12.7 Å². The van der Waals surface area contributed by atoms with Gasteiger partial charge in [-0.3, -0.25) is 0 Å². The highest BCUT2D eigenvalue weighted by Crippen LogP contribution is 2.21. The van der Waals surface area contributed by atoms with Crippen LogP contribution in [0, 0.1) is 0 Å². The minimum Gasteiger partial charge on any atom is -0.465 e. The Labute approximate surface area is 124 Å². The van der Waals surface area contributed by atoms with E-state index in [4.69, 9.17) is 10.5 Å². The van der Waals surface area contributed by atoms with Gasteiger partial charge in [-0.2, -0.15) is 0 Å². The van der Waals surface area contributed by atoms with Gasteiger partial charge in [-0.1, -0.05) is 31.2 Å². The largest absolute Gasteiger partial charge is 0.465 e. The maximum atomic E-state index is 11.5. The molecule has 0 atom stereocenters. The quantitative estimate of drug-likeness (QED) is 0.653. The van der Waals surface area contributed by atoms with Gasteiger partial charge in [0.15, 0.2) is 0 Å². The summed E-state index contributed by atoms with van der Waals surface area (Å²) in [5.74, 6) is -0.370. The maximum Gasteiger partial charge on any atom is 0.337 e. The summed E-state index contributed by atoms with van der Waals surface area (Å²) in [4.78, 5) is 11.5. The smallest absolute Gasteiger partial charge is 0.337 e. The zero-order valence-corrected chi connectivity index (χ0v) is 12.3. The zero-order chi connectivity index (χ0) is 15.2. The third-order valence-electron chi connectivity index (χ3n) is 3.39. The number of hydrogen-bond acceptors (Lipinski definition) is 4. The fourth-order valence-electron chi connectivity index (χ4n) is 2.04. The Morgan fingerprint density at radius 1 is 1.14 bits per heavy atom. The molecule has 0 spiro atoms. The van der Waals surface area contributed by atoms with Crippen molar-refractivity contribution in [1.29, 1.82) is 0 Å². The van der Waals surface area contributed by atoms with Crippen molar-refractivity contribution in [2.75, 3.05) is 18.2 Å². The van der Waals surface area contributed by atoms with Crippen molar-refractivity contribution in [1.82, 2.24) is 0 Å². The Bertz CT molecular complexity index is 621. The van der Waals surface area contributed by atoms with E-state index in [2.05, 4.69) is 36.5 Å². The molecule has 0 aromatic heterocycles. The van der Waals surface area contributed by atoms with Gasteiger partial charge in [0.05, 0.1) is 24.0 Å². The molecule has 2 aromatic rings. The second-order valence-electron chi connectivity index (χ2n) is 4.82. The lowest BCUT2D eigenvalue weighted by Gasteiger charge is -2.11. The minimum absolute atomic E-state index is 0.370. The van der Waals surface area contributed by atoms with Gasteiger partial charge in [-0.25, -0.2) is 4.79 Å². The third-order valence-corrected chi connectivity index (χ3v) is 3.39. The first kappa shape index (κ1) is 14.9. The van der Waals surface area contributed by atoms with Crippen molar-refractivity contribution in [2.45, 2.75) is 19.9 Å². The second kappa shape index (κ2) is 6.79. The van der Waals surface area contributed by atoms with E-state index in [0.29, 0.717) is 17.8 Å². The van der Waals surface area contributed by atoms with Crippen molar-refractivity contribution in [3.05, 3.63) is 59.2 Å². The van der Waals surface area contributed by atoms with Crippen molar-refractivity contribution in [3.63, 3.8) is 0 Å². The maximum absolute atomic E-state index is 11.5. The van der Waals surface area contributed by atoms with Crippen LogP contribution in [-0.2, 0) is 17.7 Å². The molecule has 3 N–H and O–H groups in total. The molecule has 0 heterocycles. The minimum atomic E-state index is -0.370. The van der Waals surface area contributed by atoms with Crippen LogP contribution in [0.2, 0.25) is 0 Å². The molecule has 0 saturated heterocycles. The van der Waals surface area contributed by atoms with Gasteiger partial charge in [0, 0.05) is 6.54 Å². The second-order valence-corrected chi connectivity index (χ2v) is 4.82. The number of nitrogen functional groups attached to an aromatic ring is 1. The molecular formula is C17H20N2O2. The topological polar surface area (TPSA) is 64.3 Å². The number of aryl methyl sites for hydroxylation is 1. The van der Waals surface area contributed by atoms with E-state index in [1.54, 1.807) is 18.2 Å². The number of carbonyl (C=O) groups excluding carboxylic acids is 1. The van der Waals surface area contributed by atoms with Crippen LogP contribution in [0.25, 0.3) is 0 Å². The first-order valence-corrected chi connectivity index (χ1v) is 6.93. The van der Waals surface area contributed by atoms with Crippen LogP contribution in [0.3, 0.4) is 0 Å². The normalized spacial score (nSPS) is 10.2.